The van der Waals surface area contributed by atoms with Crippen LogP contribution in [0.4, 0.5) is 5.69 Å². The molecule has 1 amide bonds. The van der Waals surface area contributed by atoms with Crippen LogP contribution < -0.4 is 15.8 Å². The number of carbonyl (C=O) groups excluding carboxylic acids is 1. The van der Waals surface area contributed by atoms with Gasteiger partial charge in [0.15, 0.2) is 0 Å². The summed E-state index contributed by atoms with van der Waals surface area (Å²) in [6.07, 6.45) is 0.799. The standard InChI is InChI=1S/C14H22N2O3/c1-4-14(2,15)10-19-9-13(17)16-11-5-7-12(18-3)8-6-11/h5-8H,4,9-10,15H2,1-3H3,(H,16,17). The molecule has 0 fully saturated rings. The highest BCUT2D eigenvalue weighted by Crippen LogP contribution is 2.14. The summed E-state index contributed by atoms with van der Waals surface area (Å²) in [5, 5.41) is 2.74. The lowest BCUT2D eigenvalue weighted by atomic mass is 10.0. The Bertz CT molecular complexity index is 402. The van der Waals surface area contributed by atoms with E-state index in [1.165, 1.54) is 0 Å². The molecule has 106 valence electrons. The third kappa shape index (κ3) is 5.72. The molecule has 1 unspecified atom stereocenters. The van der Waals surface area contributed by atoms with E-state index in [1.54, 1.807) is 31.4 Å². The van der Waals surface area contributed by atoms with Gasteiger partial charge in [0.25, 0.3) is 0 Å². The fourth-order valence-electron chi connectivity index (χ4n) is 1.35. The van der Waals surface area contributed by atoms with Crippen molar-refractivity contribution in [3.63, 3.8) is 0 Å². The summed E-state index contributed by atoms with van der Waals surface area (Å²) in [7, 11) is 1.60. The first-order valence-electron chi connectivity index (χ1n) is 6.27. The number of nitrogens with two attached hydrogens (primary N) is 1. The normalized spacial score (nSPS) is 13.7. The number of methoxy groups -OCH3 is 1. The van der Waals surface area contributed by atoms with E-state index in [-0.39, 0.29) is 18.1 Å². The minimum atomic E-state index is -0.388. The van der Waals surface area contributed by atoms with Crippen LogP contribution in [0.25, 0.3) is 0 Å². The molecule has 0 spiro atoms. The Morgan fingerprint density at radius 3 is 2.53 bits per heavy atom. The number of amides is 1. The summed E-state index contributed by atoms with van der Waals surface area (Å²) >= 11 is 0. The van der Waals surface area contributed by atoms with Gasteiger partial charge in [-0.25, -0.2) is 0 Å². The van der Waals surface area contributed by atoms with Crippen molar-refractivity contribution < 1.29 is 14.3 Å². The van der Waals surface area contributed by atoms with Crippen molar-refractivity contribution in [3.05, 3.63) is 24.3 Å². The van der Waals surface area contributed by atoms with Gasteiger partial charge < -0.3 is 20.5 Å². The fraction of sp³-hybridized carbons (Fsp3) is 0.500. The maximum Gasteiger partial charge on any atom is 0.250 e. The minimum Gasteiger partial charge on any atom is -0.497 e. The zero-order chi connectivity index (χ0) is 14.3. The summed E-state index contributed by atoms with van der Waals surface area (Å²) in [6, 6.07) is 7.11. The fourth-order valence-corrected chi connectivity index (χ4v) is 1.35. The van der Waals surface area contributed by atoms with Crippen LogP contribution in [-0.4, -0.2) is 31.8 Å². The topological polar surface area (TPSA) is 73.6 Å². The first-order chi connectivity index (χ1) is 8.96. The van der Waals surface area contributed by atoms with E-state index < -0.39 is 0 Å². The van der Waals surface area contributed by atoms with E-state index >= 15 is 0 Å². The quantitative estimate of drug-likeness (QED) is 0.789. The van der Waals surface area contributed by atoms with E-state index in [4.69, 9.17) is 15.2 Å². The first kappa shape index (κ1) is 15.5. The number of nitrogens with one attached hydrogen (secondary N) is 1. The Hall–Kier alpha value is -1.59. The molecule has 0 aromatic heterocycles. The Morgan fingerprint density at radius 1 is 1.37 bits per heavy atom. The van der Waals surface area contributed by atoms with Gasteiger partial charge in [0.2, 0.25) is 5.91 Å². The minimum absolute atomic E-state index is 0.00117. The summed E-state index contributed by atoms with van der Waals surface area (Å²) in [4.78, 5) is 11.6. The van der Waals surface area contributed by atoms with E-state index in [0.717, 1.165) is 12.2 Å². The van der Waals surface area contributed by atoms with Crippen LogP contribution in [0.3, 0.4) is 0 Å². The summed E-state index contributed by atoms with van der Waals surface area (Å²) < 4.78 is 10.3. The average Bonchev–Trinajstić information content (AvgIpc) is 2.39. The molecule has 19 heavy (non-hydrogen) atoms. The molecule has 5 nitrogen and oxygen atoms in total. The number of carbonyl (C=O) groups is 1. The molecule has 5 heteroatoms. The van der Waals surface area contributed by atoms with Gasteiger partial charge in [-0.05, 0) is 37.6 Å². The molecule has 0 bridgehead atoms. The monoisotopic (exact) mass is 266 g/mol. The Balaban J connectivity index is 2.34. The second-order valence-corrected chi connectivity index (χ2v) is 4.78. The second-order valence-electron chi connectivity index (χ2n) is 4.78. The van der Waals surface area contributed by atoms with Crippen LogP contribution in [0.2, 0.25) is 0 Å². The lowest BCUT2D eigenvalue weighted by molar-refractivity contribution is -0.121. The molecule has 0 aliphatic heterocycles. The van der Waals surface area contributed by atoms with E-state index in [0.29, 0.717) is 12.3 Å². The molecule has 3 N–H and O–H groups in total. The first-order valence-corrected chi connectivity index (χ1v) is 6.27. The highest BCUT2D eigenvalue weighted by molar-refractivity contribution is 5.91. The van der Waals surface area contributed by atoms with Crippen LogP contribution in [0.1, 0.15) is 20.3 Å². The predicted molar refractivity (Wildman–Crippen MR) is 75.3 cm³/mol. The van der Waals surface area contributed by atoms with Crippen molar-refractivity contribution in [1.29, 1.82) is 0 Å². The van der Waals surface area contributed by atoms with Crippen LogP contribution in [-0.2, 0) is 9.53 Å². The third-order valence-corrected chi connectivity index (χ3v) is 2.85. The van der Waals surface area contributed by atoms with E-state index in [2.05, 4.69) is 5.32 Å². The maximum atomic E-state index is 11.6. The third-order valence-electron chi connectivity index (χ3n) is 2.85. The maximum absolute atomic E-state index is 11.6. The van der Waals surface area contributed by atoms with Crippen molar-refractivity contribution in [1.82, 2.24) is 0 Å². The van der Waals surface area contributed by atoms with Gasteiger partial charge in [-0.3, -0.25) is 4.79 Å². The van der Waals surface area contributed by atoms with Crippen molar-refractivity contribution in [2.24, 2.45) is 5.73 Å². The van der Waals surface area contributed by atoms with Gasteiger partial charge in [0, 0.05) is 11.2 Å². The molecule has 0 saturated carbocycles. The number of ether oxygens (including phenoxy) is 2. The van der Waals surface area contributed by atoms with Crippen LogP contribution >= 0.6 is 0 Å². The van der Waals surface area contributed by atoms with Crippen molar-refractivity contribution in [3.8, 4) is 5.75 Å². The molecule has 1 aromatic rings. The smallest absolute Gasteiger partial charge is 0.250 e. The van der Waals surface area contributed by atoms with Crippen molar-refractivity contribution in [2.75, 3.05) is 25.6 Å². The number of anilines is 1. The largest absolute Gasteiger partial charge is 0.497 e. The number of hydrogen-bond acceptors (Lipinski definition) is 4. The molecule has 0 saturated heterocycles. The lowest BCUT2D eigenvalue weighted by Gasteiger charge is -2.22. The molecule has 1 atom stereocenters. The lowest BCUT2D eigenvalue weighted by Crippen LogP contribution is -2.41. The average molecular weight is 266 g/mol. The second kappa shape index (κ2) is 7.11. The summed E-state index contributed by atoms with van der Waals surface area (Å²) in [5.74, 6) is 0.549. The molecule has 1 aromatic carbocycles. The van der Waals surface area contributed by atoms with Gasteiger partial charge in [0.1, 0.15) is 12.4 Å². The molecule has 0 aliphatic rings. The van der Waals surface area contributed by atoms with Crippen LogP contribution in [0.15, 0.2) is 24.3 Å². The van der Waals surface area contributed by atoms with Gasteiger partial charge in [0.05, 0.1) is 13.7 Å². The van der Waals surface area contributed by atoms with Gasteiger partial charge in [-0.15, -0.1) is 0 Å². The zero-order valence-corrected chi connectivity index (χ0v) is 11.7. The predicted octanol–water partition coefficient (Wildman–Crippen LogP) is 1.78. The number of rotatable bonds is 7. The Morgan fingerprint density at radius 2 is 2.00 bits per heavy atom. The van der Waals surface area contributed by atoms with Crippen molar-refractivity contribution >= 4 is 11.6 Å². The summed E-state index contributed by atoms with van der Waals surface area (Å²) in [5.41, 5.74) is 6.24. The van der Waals surface area contributed by atoms with Gasteiger partial charge in [-0.1, -0.05) is 6.92 Å². The Labute approximate surface area is 114 Å². The SMILES string of the molecule is CCC(C)(N)COCC(=O)Nc1ccc(OC)cc1. The molecule has 1 rings (SSSR count). The molecular weight excluding hydrogens is 244 g/mol. The molecule has 0 radical (unpaired) electrons. The zero-order valence-electron chi connectivity index (χ0n) is 11.7. The van der Waals surface area contributed by atoms with Gasteiger partial charge >= 0.3 is 0 Å². The van der Waals surface area contributed by atoms with Crippen LogP contribution in [0.5, 0.6) is 5.75 Å². The van der Waals surface area contributed by atoms with E-state index in [1.807, 2.05) is 13.8 Å². The molecular formula is C14H22N2O3. The highest BCUT2D eigenvalue weighted by Gasteiger charge is 2.16. The summed E-state index contributed by atoms with van der Waals surface area (Å²) in [6.45, 7) is 4.24. The number of benzene rings is 1. The van der Waals surface area contributed by atoms with Gasteiger partial charge in [-0.2, -0.15) is 0 Å². The molecule has 0 aliphatic carbocycles. The highest BCUT2D eigenvalue weighted by atomic mass is 16.5. The van der Waals surface area contributed by atoms with Crippen molar-refractivity contribution in [2.45, 2.75) is 25.8 Å². The van der Waals surface area contributed by atoms with E-state index in [9.17, 15) is 4.79 Å². The Kier molecular flexibility index (Phi) is 5.79. The molecule has 0 heterocycles. The number of hydrogen-bond donors (Lipinski definition) is 2. The van der Waals surface area contributed by atoms with Crippen LogP contribution in [0, 0.1) is 0 Å².